The van der Waals surface area contributed by atoms with Crippen molar-refractivity contribution < 1.29 is 0 Å². The third-order valence-electron chi connectivity index (χ3n) is 1.82. The summed E-state index contributed by atoms with van der Waals surface area (Å²) < 4.78 is 2.00. The van der Waals surface area contributed by atoms with Gasteiger partial charge >= 0.3 is 0 Å². The molecule has 0 aromatic heterocycles. The summed E-state index contributed by atoms with van der Waals surface area (Å²) in [5.74, 6) is 0. The van der Waals surface area contributed by atoms with Crippen LogP contribution in [0.2, 0.25) is 0 Å². The summed E-state index contributed by atoms with van der Waals surface area (Å²) in [7, 11) is 0. The van der Waals surface area contributed by atoms with Gasteiger partial charge in [0.25, 0.3) is 0 Å². The molecule has 0 unspecified atom stereocenters. The summed E-state index contributed by atoms with van der Waals surface area (Å²) in [6.07, 6.45) is 0. The molecule has 0 bridgehead atoms. The Morgan fingerprint density at radius 3 is 1.77 bits per heavy atom. The fourth-order valence-electron chi connectivity index (χ4n) is 1.32. The first-order valence-electron chi connectivity index (χ1n) is 3.93. The molecule has 13 heavy (non-hydrogen) atoms. The van der Waals surface area contributed by atoms with Crippen LogP contribution in [0.5, 0.6) is 0 Å². The van der Waals surface area contributed by atoms with Gasteiger partial charge in [-0.1, -0.05) is 0 Å². The molecule has 1 aliphatic heterocycles. The zero-order valence-corrected chi connectivity index (χ0v) is 10.5. The zero-order chi connectivity index (χ0) is 9.64. The lowest BCUT2D eigenvalue weighted by atomic mass is 10.3. The first-order chi connectivity index (χ1) is 5.99. The number of halogens is 2. The molecule has 0 amide bonds. The van der Waals surface area contributed by atoms with Crippen molar-refractivity contribution in [3.05, 3.63) is 31.8 Å². The van der Waals surface area contributed by atoms with E-state index < -0.39 is 0 Å². The molecule has 0 saturated heterocycles. The molecule has 4 heteroatoms. The lowest BCUT2D eigenvalue weighted by Gasteiger charge is -2.07. The predicted octanol–water partition coefficient (Wildman–Crippen LogP) is 2.20. The standard InChI is InChI=1S/C9H8Br2N2/c1-9(2)12-7-5(10)3-4-6(11)8(7)13-9/h3-4H,1-2H3. The molecule has 0 aliphatic carbocycles. The van der Waals surface area contributed by atoms with E-state index in [1.165, 1.54) is 0 Å². The summed E-state index contributed by atoms with van der Waals surface area (Å²) >= 11 is 6.92. The molecule has 0 N–H and O–H groups in total. The molecule has 0 fully saturated rings. The van der Waals surface area contributed by atoms with E-state index in [1.807, 2.05) is 26.0 Å². The number of fused-ring (bicyclic) bond motifs is 1. The Kier molecular flexibility index (Phi) is 2.07. The van der Waals surface area contributed by atoms with Gasteiger partial charge in [-0.2, -0.15) is 0 Å². The molecule has 0 radical (unpaired) electrons. The monoisotopic (exact) mass is 302 g/mol. The van der Waals surface area contributed by atoms with Gasteiger partial charge in [0.05, 0.1) is 0 Å². The van der Waals surface area contributed by atoms with Crippen LogP contribution in [-0.4, -0.2) is 5.66 Å². The number of hydrogen-bond acceptors (Lipinski definition) is 2. The number of hydrogen-bond donors (Lipinski definition) is 0. The topological polar surface area (TPSA) is 24.7 Å². The average molecular weight is 304 g/mol. The molecule has 1 aliphatic rings. The highest BCUT2D eigenvalue weighted by molar-refractivity contribution is 9.11. The van der Waals surface area contributed by atoms with E-state index in [1.54, 1.807) is 0 Å². The molecular formula is C9H8Br2N2. The maximum Gasteiger partial charge on any atom is 0.146 e. The van der Waals surface area contributed by atoms with Crippen molar-refractivity contribution in [3.8, 4) is 0 Å². The molecule has 2 nitrogen and oxygen atoms in total. The quantitative estimate of drug-likeness (QED) is 0.702. The Balaban J connectivity index is 2.91. The largest absolute Gasteiger partial charge is 0.253 e. The predicted molar refractivity (Wildman–Crippen MR) is 58.2 cm³/mol. The van der Waals surface area contributed by atoms with Crippen molar-refractivity contribution in [2.75, 3.05) is 0 Å². The molecule has 1 aromatic carbocycles. The van der Waals surface area contributed by atoms with Crippen molar-refractivity contribution in [3.63, 3.8) is 0 Å². The van der Waals surface area contributed by atoms with Crippen molar-refractivity contribution >= 4 is 31.9 Å². The van der Waals surface area contributed by atoms with Crippen molar-refractivity contribution in [2.45, 2.75) is 19.5 Å². The Labute approximate surface area is 93.0 Å². The minimum absolute atomic E-state index is 0.325. The van der Waals surface area contributed by atoms with Crippen LogP contribution in [0.4, 0.5) is 0 Å². The summed E-state index contributed by atoms with van der Waals surface area (Å²) in [5.41, 5.74) is -0.325. The maximum atomic E-state index is 4.50. The highest BCUT2D eigenvalue weighted by Crippen LogP contribution is 2.15. The molecule has 0 saturated carbocycles. The Morgan fingerprint density at radius 1 is 1.00 bits per heavy atom. The van der Waals surface area contributed by atoms with Crippen molar-refractivity contribution in [2.24, 2.45) is 9.98 Å². The lowest BCUT2D eigenvalue weighted by Crippen LogP contribution is -2.24. The van der Waals surface area contributed by atoms with E-state index in [4.69, 9.17) is 0 Å². The average Bonchev–Trinajstić information content (AvgIpc) is 2.35. The van der Waals surface area contributed by atoms with E-state index in [2.05, 4.69) is 41.8 Å². The van der Waals surface area contributed by atoms with E-state index in [0.29, 0.717) is 0 Å². The third-order valence-corrected chi connectivity index (χ3v) is 3.10. The van der Waals surface area contributed by atoms with Gasteiger partial charge in [-0.05, 0) is 57.8 Å². The zero-order valence-electron chi connectivity index (χ0n) is 7.31. The van der Waals surface area contributed by atoms with Gasteiger partial charge in [-0.25, -0.2) is 0 Å². The van der Waals surface area contributed by atoms with Gasteiger partial charge in [-0.15, -0.1) is 0 Å². The van der Waals surface area contributed by atoms with Crippen LogP contribution < -0.4 is 10.7 Å². The van der Waals surface area contributed by atoms with Crippen molar-refractivity contribution in [1.82, 2.24) is 0 Å². The summed E-state index contributed by atoms with van der Waals surface area (Å²) in [5, 5.41) is 1.89. The van der Waals surface area contributed by atoms with E-state index in [0.717, 1.165) is 19.7 Å². The lowest BCUT2D eigenvalue weighted by molar-refractivity contribution is 0.548. The molecule has 1 aromatic rings. The maximum absolute atomic E-state index is 4.50. The van der Waals surface area contributed by atoms with Crippen LogP contribution in [0.25, 0.3) is 0 Å². The van der Waals surface area contributed by atoms with Crippen molar-refractivity contribution in [1.29, 1.82) is 0 Å². The Bertz CT molecular complexity index is 434. The van der Waals surface area contributed by atoms with Crippen LogP contribution in [0.3, 0.4) is 0 Å². The first-order valence-corrected chi connectivity index (χ1v) is 5.52. The second-order valence-corrected chi connectivity index (χ2v) is 5.15. The first kappa shape index (κ1) is 9.34. The second-order valence-electron chi connectivity index (χ2n) is 3.44. The normalized spacial score (nSPS) is 17.5. The van der Waals surface area contributed by atoms with Crippen LogP contribution >= 0.6 is 31.9 Å². The van der Waals surface area contributed by atoms with Gasteiger partial charge in [0.1, 0.15) is 16.4 Å². The number of nitrogens with zero attached hydrogens (tertiary/aromatic N) is 2. The van der Waals surface area contributed by atoms with Crippen LogP contribution in [0.1, 0.15) is 13.8 Å². The van der Waals surface area contributed by atoms with Crippen LogP contribution in [0.15, 0.2) is 31.1 Å². The van der Waals surface area contributed by atoms with Gasteiger partial charge in [0.2, 0.25) is 0 Å². The van der Waals surface area contributed by atoms with E-state index >= 15 is 0 Å². The highest BCUT2D eigenvalue weighted by Gasteiger charge is 2.20. The fraction of sp³-hybridized carbons (Fsp3) is 0.333. The smallest absolute Gasteiger partial charge is 0.146 e. The van der Waals surface area contributed by atoms with Crippen LogP contribution in [0, 0.1) is 0 Å². The van der Waals surface area contributed by atoms with Crippen LogP contribution in [-0.2, 0) is 0 Å². The minimum Gasteiger partial charge on any atom is -0.253 e. The van der Waals surface area contributed by atoms with E-state index in [9.17, 15) is 0 Å². The molecule has 2 rings (SSSR count). The molecule has 1 heterocycles. The molecule has 0 atom stereocenters. The SMILES string of the molecule is CC1(C)N=c2c(Br)ccc(Br)c2=N1. The highest BCUT2D eigenvalue weighted by atomic mass is 79.9. The van der Waals surface area contributed by atoms with E-state index in [-0.39, 0.29) is 5.66 Å². The Hall–Kier alpha value is -0.220. The molecular weight excluding hydrogens is 296 g/mol. The number of rotatable bonds is 0. The van der Waals surface area contributed by atoms with Gasteiger partial charge in [-0.3, -0.25) is 9.98 Å². The third kappa shape index (κ3) is 1.57. The minimum atomic E-state index is -0.325. The number of benzene rings is 1. The molecule has 0 spiro atoms. The summed E-state index contributed by atoms with van der Waals surface area (Å²) in [6, 6.07) is 3.95. The summed E-state index contributed by atoms with van der Waals surface area (Å²) in [6.45, 7) is 3.98. The van der Waals surface area contributed by atoms with Gasteiger partial charge < -0.3 is 0 Å². The van der Waals surface area contributed by atoms with Gasteiger partial charge in [0.15, 0.2) is 0 Å². The van der Waals surface area contributed by atoms with Gasteiger partial charge in [0, 0.05) is 8.95 Å². The molecule has 68 valence electrons. The fourth-order valence-corrected chi connectivity index (χ4v) is 2.13. The summed E-state index contributed by atoms with van der Waals surface area (Å²) in [4.78, 5) is 9.00. The second kappa shape index (κ2) is 2.89. The Morgan fingerprint density at radius 2 is 1.38 bits per heavy atom.